The van der Waals surface area contributed by atoms with Gasteiger partial charge in [0.2, 0.25) is 5.88 Å². The lowest BCUT2D eigenvalue weighted by molar-refractivity contribution is 0.151. The first kappa shape index (κ1) is 16.7. The average Bonchev–Trinajstić information content (AvgIpc) is 3.26. The molecule has 1 N–H and O–H groups in total. The van der Waals surface area contributed by atoms with E-state index in [-0.39, 0.29) is 0 Å². The van der Waals surface area contributed by atoms with Crippen molar-refractivity contribution in [3.8, 4) is 5.88 Å². The molecule has 0 atom stereocenters. The standard InChI is InChI=1S/C20H30N4O/c1-21-19(24-12-11-20(15-24)9-4-10-20)23-14-16-7-8-18(22-13-16)25-17-5-2-3-6-17/h7-8,13,17H,2-6,9-12,14-15H2,1H3,(H,21,23). The van der Waals surface area contributed by atoms with Crippen molar-refractivity contribution in [2.75, 3.05) is 20.1 Å². The molecule has 25 heavy (non-hydrogen) atoms. The molecule has 0 unspecified atom stereocenters. The highest BCUT2D eigenvalue weighted by Gasteiger charge is 2.43. The Kier molecular flexibility index (Phi) is 4.82. The zero-order valence-corrected chi connectivity index (χ0v) is 15.3. The molecule has 2 heterocycles. The summed E-state index contributed by atoms with van der Waals surface area (Å²) in [6.45, 7) is 3.05. The Morgan fingerprint density at radius 1 is 1.28 bits per heavy atom. The molecular formula is C20H30N4O. The number of hydrogen-bond acceptors (Lipinski definition) is 3. The van der Waals surface area contributed by atoms with E-state index in [1.807, 2.05) is 19.3 Å². The van der Waals surface area contributed by atoms with Crippen molar-refractivity contribution < 1.29 is 4.74 Å². The number of nitrogens with one attached hydrogen (secondary N) is 1. The van der Waals surface area contributed by atoms with Gasteiger partial charge in [-0.15, -0.1) is 0 Å². The van der Waals surface area contributed by atoms with E-state index in [4.69, 9.17) is 4.74 Å². The highest BCUT2D eigenvalue weighted by atomic mass is 16.5. The molecule has 2 saturated carbocycles. The summed E-state index contributed by atoms with van der Waals surface area (Å²) in [7, 11) is 1.88. The fourth-order valence-corrected chi connectivity index (χ4v) is 4.48. The quantitative estimate of drug-likeness (QED) is 0.673. The Hall–Kier alpha value is -1.78. The van der Waals surface area contributed by atoms with Crippen molar-refractivity contribution in [1.82, 2.24) is 15.2 Å². The minimum absolute atomic E-state index is 0.365. The lowest BCUT2D eigenvalue weighted by Crippen LogP contribution is -2.42. The second-order valence-electron chi connectivity index (χ2n) is 7.95. The molecule has 3 fully saturated rings. The van der Waals surface area contributed by atoms with Gasteiger partial charge in [-0.3, -0.25) is 4.99 Å². The molecule has 5 heteroatoms. The summed E-state index contributed by atoms with van der Waals surface area (Å²) in [5.74, 6) is 1.78. The molecule has 1 saturated heterocycles. The van der Waals surface area contributed by atoms with Crippen LogP contribution in [0.5, 0.6) is 5.88 Å². The predicted molar refractivity (Wildman–Crippen MR) is 99.8 cm³/mol. The largest absolute Gasteiger partial charge is 0.474 e. The summed E-state index contributed by atoms with van der Waals surface area (Å²) in [6.07, 6.45) is 12.7. The van der Waals surface area contributed by atoms with Gasteiger partial charge >= 0.3 is 0 Å². The molecule has 0 bridgehead atoms. The molecule has 2 aliphatic carbocycles. The van der Waals surface area contributed by atoms with Crippen molar-refractivity contribution in [2.24, 2.45) is 10.4 Å². The minimum Gasteiger partial charge on any atom is -0.474 e. The molecule has 1 aromatic rings. The van der Waals surface area contributed by atoms with Gasteiger partial charge < -0.3 is 15.0 Å². The summed E-state index contributed by atoms with van der Waals surface area (Å²) in [6, 6.07) is 4.10. The number of hydrogen-bond donors (Lipinski definition) is 1. The first-order valence-electron chi connectivity index (χ1n) is 9.84. The Labute approximate surface area is 150 Å². The van der Waals surface area contributed by atoms with Gasteiger partial charge in [0.05, 0.1) is 0 Å². The van der Waals surface area contributed by atoms with Crippen LogP contribution >= 0.6 is 0 Å². The maximum absolute atomic E-state index is 5.94. The second kappa shape index (κ2) is 7.22. The Morgan fingerprint density at radius 3 is 2.72 bits per heavy atom. The van der Waals surface area contributed by atoms with Crippen LogP contribution in [0.1, 0.15) is 56.9 Å². The summed E-state index contributed by atoms with van der Waals surface area (Å²) in [5.41, 5.74) is 1.76. The predicted octanol–water partition coefficient (Wildman–Crippen LogP) is 3.35. The molecule has 1 spiro atoms. The van der Waals surface area contributed by atoms with Crippen LogP contribution in [-0.2, 0) is 6.54 Å². The Bertz CT molecular complexity index is 603. The number of guanidine groups is 1. The van der Waals surface area contributed by atoms with E-state index >= 15 is 0 Å². The maximum atomic E-state index is 5.94. The van der Waals surface area contributed by atoms with Crippen molar-refractivity contribution in [3.63, 3.8) is 0 Å². The first-order valence-corrected chi connectivity index (χ1v) is 9.84. The molecule has 5 nitrogen and oxygen atoms in total. The third-order valence-corrected chi connectivity index (χ3v) is 6.20. The highest BCUT2D eigenvalue weighted by Crippen LogP contribution is 2.47. The molecular weight excluding hydrogens is 312 g/mol. The van der Waals surface area contributed by atoms with Gasteiger partial charge in [0, 0.05) is 38.9 Å². The van der Waals surface area contributed by atoms with Crippen LogP contribution in [0.3, 0.4) is 0 Å². The smallest absolute Gasteiger partial charge is 0.213 e. The van der Waals surface area contributed by atoms with Crippen LogP contribution in [0.2, 0.25) is 0 Å². The topological polar surface area (TPSA) is 49.8 Å². The molecule has 4 rings (SSSR count). The summed E-state index contributed by atoms with van der Waals surface area (Å²) in [5, 5.41) is 3.50. The molecule has 1 aliphatic heterocycles. The summed E-state index contributed by atoms with van der Waals surface area (Å²) >= 11 is 0. The molecule has 0 aromatic carbocycles. The maximum Gasteiger partial charge on any atom is 0.213 e. The van der Waals surface area contributed by atoms with E-state index in [0.29, 0.717) is 11.5 Å². The van der Waals surface area contributed by atoms with Gasteiger partial charge in [0.15, 0.2) is 5.96 Å². The number of rotatable bonds is 4. The van der Waals surface area contributed by atoms with Crippen LogP contribution < -0.4 is 10.1 Å². The van der Waals surface area contributed by atoms with Gasteiger partial charge in [0.1, 0.15) is 6.10 Å². The van der Waals surface area contributed by atoms with Crippen LogP contribution in [0.15, 0.2) is 23.3 Å². The zero-order valence-electron chi connectivity index (χ0n) is 15.3. The average molecular weight is 342 g/mol. The number of ether oxygens (including phenoxy) is 1. The normalized spacial score (nSPS) is 23.1. The third kappa shape index (κ3) is 3.75. The fraction of sp³-hybridized carbons (Fsp3) is 0.700. The summed E-state index contributed by atoms with van der Waals surface area (Å²) < 4.78 is 5.94. The van der Waals surface area contributed by atoms with Crippen LogP contribution in [0, 0.1) is 5.41 Å². The number of aromatic nitrogens is 1. The minimum atomic E-state index is 0.365. The van der Waals surface area contributed by atoms with Crippen LogP contribution in [0.25, 0.3) is 0 Å². The number of aliphatic imine (C=N–C) groups is 1. The fourth-order valence-electron chi connectivity index (χ4n) is 4.48. The second-order valence-corrected chi connectivity index (χ2v) is 7.95. The van der Waals surface area contributed by atoms with E-state index in [9.17, 15) is 0 Å². The molecule has 136 valence electrons. The van der Waals surface area contributed by atoms with Gasteiger partial charge in [0.25, 0.3) is 0 Å². The van der Waals surface area contributed by atoms with Crippen molar-refractivity contribution in [2.45, 2.75) is 64.0 Å². The van der Waals surface area contributed by atoms with E-state index in [1.165, 1.54) is 57.9 Å². The van der Waals surface area contributed by atoms with Crippen molar-refractivity contribution >= 4 is 5.96 Å². The van der Waals surface area contributed by atoms with Gasteiger partial charge in [-0.1, -0.05) is 12.5 Å². The van der Waals surface area contributed by atoms with Gasteiger partial charge in [-0.05, 0) is 55.9 Å². The molecule has 0 radical (unpaired) electrons. The lowest BCUT2D eigenvalue weighted by Gasteiger charge is -2.38. The lowest BCUT2D eigenvalue weighted by atomic mass is 9.68. The van der Waals surface area contributed by atoms with Crippen molar-refractivity contribution in [3.05, 3.63) is 23.9 Å². The Balaban J connectivity index is 1.28. The van der Waals surface area contributed by atoms with Crippen LogP contribution in [0.4, 0.5) is 0 Å². The molecule has 3 aliphatic rings. The van der Waals surface area contributed by atoms with Crippen molar-refractivity contribution in [1.29, 1.82) is 0 Å². The number of pyridine rings is 1. The van der Waals surface area contributed by atoms with Gasteiger partial charge in [-0.2, -0.15) is 0 Å². The molecule has 1 aromatic heterocycles. The van der Waals surface area contributed by atoms with E-state index in [2.05, 4.69) is 26.3 Å². The van der Waals surface area contributed by atoms with E-state index < -0.39 is 0 Å². The first-order chi connectivity index (χ1) is 12.3. The van der Waals surface area contributed by atoms with Crippen LogP contribution in [-0.4, -0.2) is 42.1 Å². The van der Waals surface area contributed by atoms with Gasteiger partial charge in [-0.25, -0.2) is 4.98 Å². The highest BCUT2D eigenvalue weighted by molar-refractivity contribution is 5.80. The monoisotopic (exact) mass is 342 g/mol. The SMILES string of the molecule is CN=C(NCc1ccc(OC2CCCC2)nc1)N1CCC2(CCC2)C1. The van der Waals surface area contributed by atoms with E-state index in [1.54, 1.807) is 0 Å². The third-order valence-electron chi connectivity index (χ3n) is 6.20. The van der Waals surface area contributed by atoms with E-state index in [0.717, 1.165) is 30.5 Å². The number of likely N-dealkylation sites (tertiary alicyclic amines) is 1. The Morgan fingerprint density at radius 2 is 2.12 bits per heavy atom. The number of nitrogens with zero attached hydrogens (tertiary/aromatic N) is 3. The molecule has 0 amide bonds. The zero-order chi connectivity index (χ0) is 17.1. The summed E-state index contributed by atoms with van der Waals surface area (Å²) in [4.78, 5) is 11.4.